The van der Waals surface area contributed by atoms with Gasteiger partial charge in [-0.25, -0.2) is 14.5 Å². The number of anilines is 1. The molecule has 3 atom stereocenters. The lowest BCUT2D eigenvalue weighted by Gasteiger charge is -2.33. The second-order valence-electron chi connectivity index (χ2n) is 7.16. The van der Waals surface area contributed by atoms with Crippen LogP contribution in [0.15, 0.2) is 36.4 Å². The fourth-order valence-electron chi connectivity index (χ4n) is 4.75. The Labute approximate surface area is 158 Å². The highest BCUT2D eigenvalue weighted by Crippen LogP contribution is 2.44. The van der Waals surface area contributed by atoms with Crippen LogP contribution < -0.4 is 10.6 Å². The van der Waals surface area contributed by atoms with E-state index in [4.69, 9.17) is 5.73 Å². The number of hydrogen-bond acceptors (Lipinski definition) is 5. The first kappa shape index (κ1) is 16.5. The number of amides is 5. The molecule has 0 aliphatic carbocycles. The summed E-state index contributed by atoms with van der Waals surface area (Å²) in [6, 6.07) is 6.77. The van der Waals surface area contributed by atoms with Crippen LogP contribution in [-0.4, -0.2) is 57.4 Å². The molecule has 28 heavy (non-hydrogen) atoms. The third-order valence-electron chi connectivity index (χ3n) is 5.86. The Hall–Kier alpha value is -3.69. The van der Waals surface area contributed by atoms with Crippen LogP contribution in [0.25, 0.3) is 10.8 Å². The van der Waals surface area contributed by atoms with Crippen LogP contribution in [0.3, 0.4) is 0 Å². The minimum atomic E-state index is -0.771. The van der Waals surface area contributed by atoms with Crippen molar-refractivity contribution in [1.82, 2.24) is 9.80 Å². The summed E-state index contributed by atoms with van der Waals surface area (Å²) in [5.74, 6) is -0.442. The van der Waals surface area contributed by atoms with Gasteiger partial charge in [-0.1, -0.05) is 18.2 Å². The van der Waals surface area contributed by atoms with E-state index >= 15 is 0 Å². The summed E-state index contributed by atoms with van der Waals surface area (Å²) in [7, 11) is 0. The Balaban J connectivity index is 1.62. The first-order valence-corrected chi connectivity index (χ1v) is 8.78. The number of carbonyl (C=O) groups is 3. The largest absolute Gasteiger partial charge is 0.351 e. The minimum absolute atomic E-state index is 0.0982. The van der Waals surface area contributed by atoms with Crippen LogP contribution in [0.1, 0.15) is 6.42 Å². The van der Waals surface area contributed by atoms with Gasteiger partial charge in [-0.3, -0.25) is 14.9 Å². The van der Waals surface area contributed by atoms with Gasteiger partial charge in [0.05, 0.1) is 28.1 Å². The molecular formula is C18H15N5O5. The SMILES string of the molecule is NC(=O)N1CC2CC1C1C(=O)N(c3ccc([N+](=O)[O-])c4ccccc34)C(=O)N21. The molecule has 10 heteroatoms. The Kier molecular flexibility index (Phi) is 3.18. The highest BCUT2D eigenvalue weighted by Gasteiger charge is 2.62. The summed E-state index contributed by atoms with van der Waals surface area (Å²) >= 11 is 0. The Morgan fingerprint density at radius 2 is 1.86 bits per heavy atom. The molecule has 3 aliphatic rings. The van der Waals surface area contributed by atoms with Gasteiger partial charge in [0.1, 0.15) is 6.04 Å². The summed E-state index contributed by atoms with van der Waals surface area (Å²) in [5, 5.41) is 12.1. The van der Waals surface area contributed by atoms with Crippen LogP contribution in [0.4, 0.5) is 21.0 Å². The van der Waals surface area contributed by atoms with E-state index in [1.165, 1.54) is 21.9 Å². The van der Waals surface area contributed by atoms with Crippen LogP contribution in [0.2, 0.25) is 0 Å². The minimum Gasteiger partial charge on any atom is -0.351 e. The zero-order valence-corrected chi connectivity index (χ0v) is 14.5. The fourth-order valence-corrected chi connectivity index (χ4v) is 4.75. The van der Waals surface area contributed by atoms with Crippen molar-refractivity contribution in [2.75, 3.05) is 11.4 Å². The van der Waals surface area contributed by atoms with Crippen molar-refractivity contribution in [3.05, 3.63) is 46.5 Å². The molecule has 0 aromatic heterocycles. The number of piperazine rings is 1. The van der Waals surface area contributed by atoms with Crippen LogP contribution in [0.5, 0.6) is 0 Å². The van der Waals surface area contributed by atoms with Gasteiger partial charge < -0.3 is 15.5 Å². The maximum absolute atomic E-state index is 13.2. The monoisotopic (exact) mass is 381 g/mol. The molecule has 0 saturated carbocycles. The van der Waals surface area contributed by atoms with Crippen LogP contribution >= 0.6 is 0 Å². The topological polar surface area (TPSA) is 130 Å². The summed E-state index contributed by atoms with van der Waals surface area (Å²) in [4.78, 5) is 52.8. The summed E-state index contributed by atoms with van der Waals surface area (Å²) < 4.78 is 0. The van der Waals surface area contributed by atoms with Gasteiger partial charge in [0.15, 0.2) is 0 Å². The highest BCUT2D eigenvalue weighted by molar-refractivity contribution is 6.25. The molecule has 3 unspecified atom stereocenters. The molecule has 3 fully saturated rings. The van der Waals surface area contributed by atoms with Crippen molar-refractivity contribution >= 4 is 40.1 Å². The molecule has 2 aromatic carbocycles. The standard InChI is InChI=1S/C18H15N5O5/c19-17(25)20-8-9-7-14(20)15-16(24)22(18(26)21(9)15)12-5-6-13(23(27)28)11-4-2-1-3-10(11)12/h1-6,9,14-15H,7-8H2,(H2,19,25). The number of benzene rings is 2. The summed E-state index contributed by atoms with van der Waals surface area (Å²) in [6.07, 6.45) is 0.528. The number of fused-ring (bicyclic) bond motifs is 6. The second-order valence-corrected chi connectivity index (χ2v) is 7.16. The number of imide groups is 1. The lowest BCUT2D eigenvalue weighted by atomic mass is 10.0. The number of carbonyl (C=O) groups excluding carboxylic acids is 3. The van der Waals surface area contributed by atoms with Crippen LogP contribution in [-0.2, 0) is 4.79 Å². The van der Waals surface area contributed by atoms with E-state index in [-0.39, 0.29) is 11.7 Å². The van der Waals surface area contributed by atoms with Gasteiger partial charge in [0, 0.05) is 18.0 Å². The van der Waals surface area contributed by atoms with Crippen molar-refractivity contribution in [2.45, 2.75) is 24.5 Å². The van der Waals surface area contributed by atoms with E-state index in [0.717, 1.165) is 4.90 Å². The van der Waals surface area contributed by atoms with Crippen molar-refractivity contribution in [1.29, 1.82) is 0 Å². The van der Waals surface area contributed by atoms with E-state index in [9.17, 15) is 24.5 Å². The Morgan fingerprint density at radius 1 is 1.14 bits per heavy atom. The molecule has 2 aromatic rings. The maximum Gasteiger partial charge on any atom is 0.332 e. The Morgan fingerprint density at radius 3 is 2.54 bits per heavy atom. The van der Waals surface area contributed by atoms with Gasteiger partial charge in [0.2, 0.25) is 0 Å². The summed E-state index contributed by atoms with van der Waals surface area (Å²) in [5.41, 5.74) is 5.61. The molecule has 0 radical (unpaired) electrons. The molecule has 5 rings (SSSR count). The maximum atomic E-state index is 13.2. The van der Waals surface area contributed by atoms with E-state index in [1.807, 2.05) is 0 Å². The number of nitro benzene ring substituents is 1. The molecular weight excluding hydrogens is 366 g/mol. The number of primary amides is 1. The molecule has 10 nitrogen and oxygen atoms in total. The van der Waals surface area contributed by atoms with Gasteiger partial charge in [-0.15, -0.1) is 0 Å². The number of urea groups is 2. The van der Waals surface area contributed by atoms with Crippen molar-refractivity contribution in [3.8, 4) is 0 Å². The van der Waals surface area contributed by atoms with Gasteiger partial charge in [-0.05, 0) is 18.6 Å². The van der Waals surface area contributed by atoms with Crippen molar-refractivity contribution in [3.63, 3.8) is 0 Å². The number of nitro groups is 1. The lowest BCUT2D eigenvalue weighted by Crippen LogP contribution is -2.56. The normalized spacial score (nSPS) is 25.7. The number of likely N-dealkylation sites (tertiary alicyclic amines) is 1. The molecule has 5 amide bonds. The fraction of sp³-hybridized carbons (Fsp3) is 0.278. The molecule has 3 heterocycles. The third kappa shape index (κ3) is 1.94. The number of nitrogens with zero attached hydrogens (tertiary/aromatic N) is 4. The molecule has 0 spiro atoms. The van der Waals surface area contributed by atoms with Gasteiger partial charge in [0.25, 0.3) is 11.6 Å². The Bertz CT molecular complexity index is 1090. The van der Waals surface area contributed by atoms with E-state index < -0.39 is 35.0 Å². The highest BCUT2D eigenvalue weighted by atomic mass is 16.6. The predicted molar refractivity (Wildman–Crippen MR) is 97.6 cm³/mol. The van der Waals surface area contributed by atoms with Gasteiger partial charge in [-0.2, -0.15) is 0 Å². The van der Waals surface area contributed by atoms with Crippen molar-refractivity contribution < 1.29 is 19.3 Å². The number of rotatable bonds is 2. The molecule has 2 bridgehead atoms. The summed E-state index contributed by atoms with van der Waals surface area (Å²) in [6.45, 7) is 0.310. The third-order valence-corrected chi connectivity index (χ3v) is 5.86. The number of nitrogens with two attached hydrogens (primary N) is 1. The van der Waals surface area contributed by atoms with Gasteiger partial charge >= 0.3 is 12.1 Å². The molecule has 3 aliphatic heterocycles. The first-order chi connectivity index (χ1) is 13.4. The lowest BCUT2D eigenvalue weighted by molar-refractivity contribution is -0.383. The smallest absolute Gasteiger partial charge is 0.332 e. The van der Waals surface area contributed by atoms with E-state index in [1.54, 1.807) is 24.3 Å². The predicted octanol–water partition coefficient (Wildman–Crippen LogP) is 1.42. The number of non-ortho nitro benzene ring substituents is 1. The molecule has 142 valence electrons. The van der Waals surface area contributed by atoms with E-state index in [2.05, 4.69) is 0 Å². The second kappa shape index (κ2) is 5.41. The number of hydrogen-bond donors (Lipinski definition) is 1. The molecule has 2 N–H and O–H groups in total. The first-order valence-electron chi connectivity index (χ1n) is 8.78. The van der Waals surface area contributed by atoms with Crippen LogP contribution in [0, 0.1) is 10.1 Å². The molecule has 3 saturated heterocycles. The average molecular weight is 381 g/mol. The van der Waals surface area contributed by atoms with Crippen molar-refractivity contribution in [2.24, 2.45) is 5.73 Å². The van der Waals surface area contributed by atoms with E-state index in [0.29, 0.717) is 29.4 Å². The zero-order valence-electron chi connectivity index (χ0n) is 14.5. The zero-order chi connectivity index (χ0) is 19.7. The average Bonchev–Trinajstić information content (AvgIpc) is 3.33. The quantitative estimate of drug-likeness (QED) is 0.478.